The fraction of sp³-hybridized carbons (Fsp3) is 0. The molecule has 10 aromatic heterocycles. The molecule has 21 aromatic rings. The molecule has 0 radical (unpaired) electrons. The third-order valence-corrected chi connectivity index (χ3v) is 20.1. The molecule has 104 heavy (non-hydrogen) atoms. The molecular formula is C93H59N11. The monoisotopic (exact) mass is 1330 g/mol. The highest BCUT2D eigenvalue weighted by molar-refractivity contribution is 6.19. The quantitative estimate of drug-likeness (QED) is 0.134. The molecule has 10 heterocycles. The Balaban J connectivity index is 0.000000140. The van der Waals surface area contributed by atoms with Gasteiger partial charge in [-0.1, -0.05) is 194 Å². The van der Waals surface area contributed by atoms with Crippen molar-refractivity contribution in [1.82, 2.24) is 53.2 Å². The summed E-state index contributed by atoms with van der Waals surface area (Å²) >= 11 is 0. The van der Waals surface area contributed by atoms with Gasteiger partial charge in [-0.05, 0) is 173 Å². The third-order valence-electron chi connectivity index (χ3n) is 20.1. The molecule has 0 spiro atoms. The summed E-state index contributed by atoms with van der Waals surface area (Å²) in [6.07, 6.45) is 7.32. The predicted octanol–water partition coefficient (Wildman–Crippen LogP) is 22.7. The minimum atomic E-state index is 0.599. The molecule has 0 fully saturated rings. The van der Waals surface area contributed by atoms with E-state index in [1.54, 1.807) is 12.4 Å². The fourth-order valence-corrected chi connectivity index (χ4v) is 15.5. The average molecular weight is 1330 g/mol. The molecule has 486 valence electrons. The van der Waals surface area contributed by atoms with Gasteiger partial charge in [0, 0.05) is 95.9 Å². The van der Waals surface area contributed by atoms with E-state index in [1.807, 2.05) is 79.1 Å². The maximum atomic E-state index is 5.25. The number of para-hydroxylation sites is 5. The van der Waals surface area contributed by atoms with Gasteiger partial charge in [-0.15, -0.1) is 0 Å². The average Bonchev–Trinajstić information content (AvgIpc) is 1.56. The van der Waals surface area contributed by atoms with Crippen molar-refractivity contribution in [2.75, 3.05) is 0 Å². The first-order valence-electron chi connectivity index (χ1n) is 34.8. The van der Waals surface area contributed by atoms with Crippen LogP contribution in [0.4, 0.5) is 0 Å². The normalized spacial score (nSPS) is 11.7. The van der Waals surface area contributed by atoms with E-state index in [0.29, 0.717) is 5.95 Å². The number of aromatic nitrogens is 11. The van der Waals surface area contributed by atoms with Gasteiger partial charge in [0.05, 0.1) is 67.1 Å². The first kappa shape index (κ1) is 59.7. The van der Waals surface area contributed by atoms with Gasteiger partial charge in [0.2, 0.25) is 5.95 Å². The second-order valence-corrected chi connectivity index (χ2v) is 26.0. The lowest BCUT2D eigenvalue weighted by molar-refractivity contribution is 0.998. The van der Waals surface area contributed by atoms with Crippen molar-refractivity contribution >= 4 is 98.4 Å². The molecule has 0 aliphatic heterocycles. The Labute approximate surface area is 596 Å². The summed E-state index contributed by atoms with van der Waals surface area (Å²) in [5, 5.41) is 10.4. The van der Waals surface area contributed by atoms with Gasteiger partial charge in [-0.25, -0.2) is 24.9 Å². The molecule has 0 aliphatic rings. The largest absolute Gasteiger partial charge is 0.309 e. The van der Waals surface area contributed by atoms with Gasteiger partial charge in [0.25, 0.3) is 0 Å². The smallest absolute Gasteiger partial charge is 0.237 e. The summed E-state index contributed by atoms with van der Waals surface area (Å²) in [5.41, 5.74) is 24.7. The SMILES string of the molecule is c1ccc(-c2nc(-n3c4cc(-c5cccc6c5c5ccccc5n6-c5ccccc5)ccc4c4cccnc43)nc3ccccc23)cc1.c1ccc(-n2c3ccccc3c3c(-c4ccc5c6cccnc6n(-c6ccc(-c7cc(-c8ccccn8)nc(-c8ccccn8)c7)cc6)c5c4)cccc32)cc1. The zero-order valence-corrected chi connectivity index (χ0v) is 56.0. The van der Waals surface area contributed by atoms with E-state index >= 15 is 0 Å². The Morgan fingerprint density at radius 2 is 0.654 bits per heavy atom. The van der Waals surface area contributed by atoms with Gasteiger partial charge >= 0.3 is 0 Å². The van der Waals surface area contributed by atoms with Gasteiger partial charge in [-0.3, -0.25) is 19.1 Å². The van der Waals surface area contributed by atoms with Crippen LogP contribution >= 0.6 is 0 Å². The van der Waals surface area contributed by atoms with E-state index in [2.05, 4.69) is 295 Å². The van der Waals surface area contributed by atoms with Gasteiger partial charge in [0.15, 0.2) is 0 Å². The molecule has 0 aliphatic carbocycles. The lowest BCUT2D eigenvalue weighted by Gasteiger charge is -2.12. The Morgan fingerprint density at radius 1 is 0.212 bits per heavy atom. The zero-order valence-electron chi connectivity index (χ0n) is 56.0. The Bertz CT molecular complexity index is 6830. The van der Waals surface area contributed by atoms with E-state index in [0.717, 1.165) is 128 Å². The minimum absolute atomic E-state index is 0.599. The van der Waals surface area contributed by atoms with Crippen molar-refractivity contribution in [2.45, 2.75) is 0 Å². The van der Waals surface area contributed by atoms with Crippen LogP contribution in [0.2, 0.25) is 0 Å². The molecule has 11 heteroatoms. The van der Waals surface area contributed by atoms with Crippen LogP contribution in [0.5, 0.6) is 0 Å². The molecule has 0 bridgehead atoms. The van der Waals surface area contributed by atoms with Gasteiger partial charge in [0.1, 0.15) is 11.3 Å². The Morgan fingerprint density at radius 3 is 1.20 bits per heavy atom. The number of hydrogen-bond donors (Lipinski definition) is 0. The van der Waals surface area contributed by atoms with Gasteiger partial charge < -0.3 is 9.13 Å². The van der Waals surface area contributed by atoms with E-state index < -0.39 is 0 Å². The van der Waals surface area contributed by atoms with Crippen LogP contribution in [0.1, 0.15) is 0 Å². The van der Waals surface area contributed by atoms with Crippen LogP contribution in [0.3, 0.4) is 0 Å². The molecule has 11 aromatic carbocycles. The van der Waals surface area contributed by atoms with E-state index in [-0.39, 0.29) is 0 Å². The van der Waals surface area contributed by atoms with E-state index in [9.17, 15) is 0 Å². The summed E-state index contributed by atoms with van der Waals surface area (Å²) in [6, 6.07) is 117. The molecule has 0 atom stereocenters. The fourth-order valence-electron chi connectivity index (χ4n) is 15.5. The second-order valence-electron chi connectivity index (χ2n) is 26.0. The summed E-state index contributed by atoms with van der Waals surface area (Å²) in [5.74, 6) is 0.599. The first-order chi connectivity index (χ1) is 51.6. The predicted molar refractivity (Wildman–Crippen MR) is 425 cm³/mol. The van der Waals surface area contributed by atoms with Crippen LogP contribution in [-0.4, -0.2) is 53.2 Å². The molecular weight excluding hydrogens is 1270 g/mol. The van der Waals surface area contributed by atoms with Crippen LogP contribution < -0.4 is 0 Å². The third kappa shape index (κ3) is 10.0. The number of pyridine rings is 5. The molecule has 11 nitrogen and oxygen atoms in total. The maximum Gasteiger partial charge on any atom is 0.237 e. The summed E-state index contributed by atoms with van der Waals surface area (Å²) < 4.78 is 9.15. The molecule has 0 unspecified atom stereocenters. The summed E-state index contributed by atoms with van der Waals surface area (Å²) in [6.45, 7) is 0. The lowest BCUT2D eigenvalue weighted by atomic mass is 9.98. The van der Waals surface area contributed by atoms with Crippen LogP contribution in [0.25, 0.3) is 189 Å². The van der Waals surface area contributed by atoms with E-state index in [1.165, 1.54) is 54.7 Å². The lowest BCUT2D eigenvalue weighted by Crippen LogP contribution is -2.04. The minimum Gasteiger partial charge on any atom is -0.309 e. The maximum absolute atomic E-state index is 5.25. The standard InChI is InChI=1S/C50H32N6.C43H27N5/c1-2-12-36(13-3-1)55-46-19-5-4-14-41(46)49-38(15-10-20-47(49)55)34-23-26-39-40-16-11-29-53-50(40)56(48(39)32-34)37-24-21-33(22-25-37)35-30-44(42-17-6-8-27-51-42)54-45(31-35)43-18-7-9-28-52-43;1-3-13-28(14-4-1)41-34-17-7-9-21-36(34)45-43(46-41)48-39-27-29(24-25-32(39)33-20-12-26-44-42(33)48)31-19-11-23-38-40(31)35-18-8-10-22-37(35)47(38)30-15-5-2-6-16-30/h1-32H;1-27H. The number of rotatable bonds is 10. The van der Waals surface area contributed by atoms with Crippen molar-refractivity contribution in [3.8, 4) is 90.4 Å². The molecule has 21 rings (SSSR count). The second kappa shape index (κ2) is 24.9. The summed E-state index contributed by atoms with van der Waals surface area (Å²) in [4.78, 5) is 34.4. The number of hydrogen-bond acceptors (Lipinski definition) is 7. The highest BCUT2D eigenvalue weighted by Crippen LogP contribution is 2.44. The number of fused-ring (bicyclic) bond motifs is 13. The van der Waals surface area contributed by atoms with Crippen molar-refractivity contribution in [3.63, 3.8) is 0 Å². The Kier molecular flexibility index (Phi) is 14.3. The van der Waals surface area contributed by atoms with Gasteiger partial charge in [-0.2, -0.15) is 0 Å². The van der Waals surface area contributed by atoms with Crippen molar-refractivity contribution < 1.29 is 0 Å². The van der Waals surface area contributed by atoms with Crippen LogP contribution in [0.15, 0.2) is 358 Å². The molecule has 0 saturated carbocycles. The Hall–Kier alpha value is -14.3. The molecule has 0 saturated heterocycles. The van der Waals surface area contributed by atoms with Crippen molar-refractivity contribution in [2.24, 2.45) is 0 Å². The van der Waals surface area contributed by atoms with Crippen LogP contribution in [0, 0.1) is 0 Å². The topological polar surface area (TPSA) is 110 Å². The highest BCUT2D eigenvalue weighted by Gasteiger charge is 2.24. The van der Waals surface area contributed by atoms with Crippen molar-refractivity contribution in [3.05, 3.63) is 358 Å². The molecule has 0 amide bonds. The van der Waals surface area contributed by atoms with Crippen molar-refractivity contribution in [1.29, 1.82) is 0 Å². The molecule has 0 N–H and O–H groups in total. The number of benzene rings is 11. The summed E-state index contributed by atoms with van der Waals surface area (Å²) in [7, 11) is 0. The van der Waals surface area contributed by atoms with Crippen LogP contribution in [-0.2, 0) is 0 Å². The first-order valence-corrected chi connectivity index (χ1v) is 34.8. The number of nitrogens with zero attached hydrogens (tertiary/aromatic N) is 11. The van der Waals surface area contributed by atoms with E-state index in [4.69, 9.17) is 24.9 Å². The highest BCUT2D eigenvalue weighted by atomic mass is 15.2. The zero-order chi connectivity index (χ0) is 68.6.